The average molecular weight is 443 g/mol. The summed E-state index contributed by atoms with van der Waals surface area (Å²) in [5.74, 6) is 2.31. The van der Waals surface area contributed by atoms with Crippen LogP contribution in [0.25, 0.3) is 0 Å². The second-order valence-corrected chi connectivity index (χ2v) is 7.76. The summed E-state index contributed by atoms with van der Waals surface area (Å²) in [6, 6.07) is 9.72. The smallest absolute Gasteiger partial charge is 0.251 e. The molecule has 2 aromatic rings. The number of amides is 1. The third-order valence-electron chi connectivity index (χ3n) is 5.35. The van der Waals surface area contributed by atoms with Gasteiger partial charge in [0, 0.05) is 18.5 Å². The molecule has 1 aliphatic heterocycles. The van der Waals surface area contributed by atoms with E-state index >= 15 is 0 Å². The number of hydrogen-bond acceptors (Lipinski definition) is 6. The van der Waals surface area contributed by atoms with Gasteiger partial charge in [0.05, 0.1) is 32.5 Å². The van der Waals surface area contributed by atoms with Gasteiger partial charge in [-0.1, -0.05) is 12.1 Å². The van der Waals surface area contributed by atoms with Crippen LogP contribution in [0.15, 0.2) is 30.3 Å². The Kier molecular flexibility index (Phi) is 8.22. The normalized spacial score (nSPS) is 13.3. The van der Waals surface area contributed by atoms with Crippen molar-refractivity contribution in [3.05, 3.63) is 47.0 Å². The molecule has 0 spiro atoms. The minimum Gasteiger partial charge on any atom is -0.493 e. The minimum atomic E-state index is -0.189. The number of fused-ring (bicyclic) bond motifs is 1. The van der Waals surface area contributed by atoms with Crippen LogP contribution in [0.3, 0.4) is 0 Å². The van der Waals surface area contributed by atoms with Crippen molar-refractivity contribution in [2.24, 2.45) is 0 Å². The predicted octanol–water partition coefficient (Wildman–Crippen LogP) is 3.85. The summed E-state index contributed by atoms with van der Waals surface area (Å²) >= 11 is 0. The molecule has 0 saturated heterocycles. The third-order valence-corrected chi connectivity index (χ3v) is 5.35. The van der Waals surface area contributed by atoms with Crippen molar-refractivity contribution < 1.29 is 23.7 Å². The topological polar surface area (TPSA) is 69.3 Å². The molecular weight excluding hydrogens is 408 g/mol. The number of hydrogen-bond donors (Lipinski definition) is 1. The Hall–Kier alpha value is -2.93. The Morgan fingerprint density at radius 1 is 1.03 bits per heavy atom. The molecule has 1 unspecified atom stereocenters. The number of ether oxygens (including phenoxy) is 4. The molecule has 32 heavy (non-hydrogen) atoms. The Labute approximate surface area is 190 Å². The molecule has 0 saturated carbocycles. The number of nitrogens with one attached hydrogen (secondary N) is 1. The third kappa shape index (κ3) is 5.46. The SMILES string of the molecule is CCOc1cc(C(=O)NCC(c2ccc3c(c2)CCO3)N(C)C)cc(OCC)c1OCC. The Morgan fingerprint density at radius 3 is 2.28 bits per heavy atom. The minimum absolute atomic E-state index is 0.0327. The first-order valence-corrected chi connectivity index (χ1v) is 11.2. The van der Waals surface area contributed by atoms with E-state index in [1.807, 2.05) is 40.9 Å². The van der Waals surface area contributed by atoms with E-state index in [1.165, 1.54) is 5.56 Å². The molecule has 3 rings (SSSR count). The summed E-state index contributed by atoms with van der Waals surface area (Å²) in [6.45, 7) is 8.28. The second kappa shape index (κ2) is 11.1. The van der Waals surface area contributed by atoms with E-state index < -0.39 is 0 Å². The summed E-state index contributed by atoms with van der Waals surface area (Å²) < 4.78 is 22.8. The van der Waals surface area contributed by atoms with Crippen LogP contribution in [0.1, 0.15) is 48.3 Å². The fourth-order valence-electron chi connectivity index (χ4n) is 3.82. The maximum Gasteiger partial charge on any atom is 0.251 e. The number of benzene rings is 2. The molecule has 7 nitrogen and oxygen atoms in total. The van der Waals surface area contributed by atoms with E-state index in [4.69, 9.17) is 18.9 Å². The molecule has 0 aliphatic carbocycles. The largest absolute Gasteiger partial charge is 0.493 e. The highest BCUT2D eigenvalue weighted by Gasteiger charge is 2.22. The summed E-state index contributed by atoms with van der Waals surface area (Å²) in [5.41, 5.74) is 2.84. The lowest BCUT2D eigenvalue weighted by Gasteiger charge is -2.25. The standard InChI is InChI=1S/C25H34N2O5/c1-6-29-22-14-19(15-23(30-7-2)24(22)31-8-3)25(28)26-16-20(27(4)5)17-9-10-21-18(13-17)11-12-32-21/h9-10,13-15,20H,6-8,11-12,16H2,1-5H3,(H,26,28). The van der Waals surface area contributed by atoms with Crippen molar-refractivity contribution in [1.82, 2.24) is 10.2 Å². The summed E-state index contributed by atoms with van der Waals surface area (Å²) in [4.78, 5) is 15.2. The molecule has 1 N–H and O–H groups in total. The van der Waals surface area contributed by atoms with E-state index in [1.54, 1.807) is 12.1 Å². The van der Waals surface area contributed by atoms with Gasteiger partial charge >= 0.3 is 0 Å². The lowest BCUT2D eigenvalue weighted by atomic mass is 10.0. The fourth-order valence-corrected chi connectivity index (χ4v) is 3.82. The summed E-state index contributed by atoms with van der Waals surface area (Å²) in [6.07, 6.45) is 0.919. The molecular formula is C25H34N2O5. The monoisotopic (exact) mass is 442 g/mol. The van der Waals surface area contributed by atoms with Gasteiger partial charge in [0.2, 0.25) is 5.75 Å². The molecule has 0 fully saturated rings. The zero-order chi connectivity index (χ0) is 23.1. The summed E-state index contributed by atoms with van der Waals surface area (Å²) in [5, 5.41) is 3.07. The van der Waals surface area contributed by atoms with Crippen molar-refractivity contribution >= 4 is 5.91 Å². The molecule has 1 amide bonds. The Balaban J connectivity index is 1.80. The van der Waals surface area contributed by atoms with E-state index in [0.29, 0.717) is 49.2 Å². The molecule has 1 aliphatic rings. The maximum atomic E-state index is 13.1. The molecule has 0 aromatic heterocycles. The second-order valence-electron chi connectivity index (χ2n) is 7.76. The van der Waals surface area contributed by atoms with Crippen LogP contribution < -0.4 is 24.3 Å². The lowest BCUT2D eigenvalue weighted by molar-refractivity contribution is 0.0940. The summed E-state index contributed by atoms with van der Waals surface area (Å²) in [7, 11) is 4.02. The molecule has 0 bridgehead atoms. The van der Waals surface area contributed by atoms with E-state index in [2.05, 4.69) is 22.3 Å². The zero-order valence-corrected chi connectivity index (χ0v) is 19.7. The predicted molar refractivity (Wildman–Crippen MR) is 124 cm³/mol. The highest BCUT2D eigenvalue weighted by atomic mass is 16.5. The van der Waals surface area contributed by atoms with Gasteiger partial charge in [-0.3, -0.25) is 4.79 Å². The molecule has 0 radical (unpaired) electrons. The molecule has 174 valence electrons. The van der Waals surface area contributed by atoms with Crippen molar-refractivity contribution in [2.75, 3.05) is 47.1 Å². The Morgan fingerprint density at radius 2 is 1.69 bits per heavy atom. The van der Waals surface area contributed by atoms with Gasteiger partial charge in [-0.2, -0.15) is 0 Å². The number of likely N-dealkylation sites (N-methyl/N-ethyl adjacent to an activating group) is 1. The number of carbonyl (C=O) groups excluding carboxylic acids is 1. The highest BCUT2D eigenvalue weighted by Crippen LogP contribution is 2.39. The van der Waals surface area contributed by atoms with Crippen molar-refractivity contribution in [2.45, 2.75) is 33.2 Å². The van der Waals surface area contributed by atoms with Crippen molar-refractivity contribution in [1.29, 1.82) is 0 Å². The number of nitrogens with zero attached hydrogens (tertiary/aromatic N) is 1. The quantitative estimate of drug-likeness (QED) is 0.570. The molecule has 7 heteroatoms. The molecule has 1 heterocycles. The highest BCUT2D eigenvalue weighted by molar-refractivity contribution is 5.95. The van der Waals surface area contributed by atoms with Gasteiger partial charge < -0.3 is 29.2 Å². The van der Waals surface area contributed by atoms with Crippen LogP contribution in [-0.2, 0) is 6.42 Å². The van der Waals surface area contributed by atoms with Crippen LogP contribution in [0.2, 0.25) is 0 Å². The van der Waals surface area contributed by atoms with E-state index in [-0.39, 0.29) is 11.9 Å². The van der Waals surface area contributed by atoms with Gasteiger partial charge in [-0.25, -0.2) is 0 Å². The lowest BCUT2D eigenvalue weighted by Crippen LogP contribution is -2.34. The van der Waals surface area contributed by atoms with Gasteiger partial charge in [-0.15, -0.1) is 0 Å². The molecule has 2 aromatic carbocycles. The van der Waals surface area contributed by atoms with E-state index in [9.17, 15) is 4.79 Å². The average Bonchev–Trinajstić information content (AvgIpc) is 3.24. The van der Waals surface area contributed by atoms with Gasteiger partial charge in [-0.05, 0) is 64.2 Å². The first kappa shape index (κ1) is 23.7. The van der Waals surface area contributed by atoms with Gasteiger partial charge in [0.1, 0.15) is 5.75 Å². The first-order chi connectivity index (χ1) is 15.5. The first-order valence-electron chi connectivity index (χ1n) is 11.2. The van der Waals surface area contributed by atoms with Crippen LogP contribution in [0.4, 0.5) is 0 Å². The van der Waals surface area contributed by atoms with E-state index in [0.717, 1.165) is 24.3 Å². The molecule has 1 atom stereocenters. The zero-order valence-electron chi connectivity index (χ0n) is 19.7. The van der Waals surface area contributed by atoms with Crippen LogP contribution in [-0.4, -0.2) is 57.9 Å². The van der Waals surface area contributed by atoms with Crippen LogP contribution >= 0.6 is 0 Å². The van der Waals surface area contributed by atoms with Gasteiger partial charge in [0.25, 0.3) is 5.91 Å². The van der Waals surface area contributed by atoms with Crippen molar-refractivity contribution in [3.8, 4) is 23.0 Å². The number of carbonyl (C=O) groups is 1. The Bertz CT molecular complexity index is 902. The van der Waals surface area contributed by atoms with Crippen molar-refractivity contribution in [3.63, 3.8) is 0 Å². The van der Waals surface area contributed by atoms with Crippen LogP contribution in [0, 0.1) is 0 Å². The fraction of sp³-hybridized carbons (Fsp3) is 0.480. The number of rotatable bonds is 11. The maximum absolute atomic E-state index is 13.1. The van der Waals surface area contributed by atoms with Gasteiger partial charge in [0.15, 0.2) is 11.5 Å². The van der Waals surface area contributed by atoms with Crippen LogP contribution in [0.5, 0.6) is 23.0 Å².